The molecule has 1 aliphatic rings. The molecular formula is C16H27N3OS. The van der Waals surface area contributed by atoms with Crippen LogP contribution in [0.15, 0.2) is 5.16 Å². The molecule has 2 N–H and O–H groups in total. The number of aliphatic hydroxyl groups excluding tert-OH is 1. The summed E-state index contributed by atoms with van der Waals surface area (Å²) in [6.45, 7) is 6.39. The van der Waals surface area contributed by atoms with Gasteiger partial charge in [0.05, 0.1) is 6.61 Å². The molecule has 1 heterocycles. The van der Waals surface area contributed by atoms with Gasteiger partial charge in [0.2, 0.25) is 0 Å². The van der Waals surface area contributed by atoms with Crippen molar-refractivity contribution in [3.63, 3.8) is 0 Å². The van der Waals surface area contributed by atoms with Crippen molar-refractivity contribution in [1.29, 1.82) is 0 Å². The highest BCUT2D eigenvalue weighted by molar-refractivity contribution is 7.99. The number of aryl methyl sites for hydroxylation is 2. The van der Waals surface area contributed by atoms with Gasteiger partial charge in [-0.3, -0.25) is 0 Å². The molecule has 1 saturated carbocycles. The molecule has 0 spiro atoms. The molecule has 1 fully saturated rings. The third kappa shape index (κ3) is 3.58. The van der Waals surface area contributed by atoms with Crippen molar-refractivity contribution in [1.82, 2.24) is 15.3 Å². The zero-order valence-corrected chi connectivity index (χ0v) is 14.4. The number of hydrogen-bond donors (Lipinski definition) is 2. The molecule has 2 rings (SSSR count). The van der Waals surface area contributed by atoms with Gasteiger partial charge in [-0.1, -0.05) is 18.2 Å². The van der Waals surface area contributed by atoms with E-state index in [2.05, 4.69) is 22.2 Å². The van der Waals surface area contributed by atoms with Crippen molar-refractivity contribution in [3.05, 3.63) is 17.0 Å². The molecule has 5 heteroatoms. The van der Waals surface area contributed by atoms with Gasteiger partial charge in [0.15, 0.2) is 5.16 Å². The first-order valence-corrected chi connectivity index (χ1v) is 8.75. The van der Waals surface area contributed by atoms with E-state index in [1.165, 1.54) is 18.4 Å². The molecule has 21 heavy (non-hydrogen) atoms. The van der Waals surface area contributed by atoms with Crippen LogP contribution in [0.5, 0.6) is 0 Å². The standard InChI is InChI=1S/C16H27N3OS/c1-11-12(2)18-15(19-13(11)3)21-9-7-14-6-5-8-16(14,10-20)17-4/h14,17,20H,5-10H2,1-4H3. The van der Waals surface area contributed by atoms with E-state index in [9.17, 15) is 5.11 Å². The fourth-order valence-electron chi connectivity index (χ4n) is 3.28. The van der Waals surface area contributed by atoms with Gasteiger partial charge in [0, 0.05) is 22.7 Å². The minimum absolute atomic E-state index is 0.0689. The normalized spacial score (nSPS) is 25.5. The zero-order chi connectivity index (χ0) is 15.5. The minimum Gasteiger partial charge on any atom is -0.394 e. The van der Waals surface area contributed by atoms with Gasteiger partial charge >= 0.3 is 0 Å². The van der Waals surface area contributed by atoms with Crippen LogP contribution < -0.4 is 5.32 Å². The van der Waals surface area contributed by atoms with E-state index in [0.717, 1.165) is 35.1 Å². The Morgan fingerprint density at radius 2 is 1.95 bits per heavy atom. The number of hydrogen-bond acceptors (Lipinski definition) is 5. The molecule has 2 unspecified atom stereocenters. The van der Waals surface area contributed by atoms with Gasteiger partial charge in [0.25, 0.3) is 0 Å². The molecule has 1 aliphatic carbocycles. The molecule has 118 valence electrons. The largest absolute Gasteiger partial charge is 0.394 e. The second-order valence-electron chi connectivity index (χ2n) is 6.09. The summed E-state index contributed by atoms with van der Waals surface area (Å²) < 4.78 is 0. The number of thioether (sulfide) groups is 1. The third-order valence-corrected chi connectivity index (χ3v) is 5.93. The van der Waals surface area contributed by atoms with Crippen LogP contribution in [0.4, 0.5) is 0 Å². The molecule has 0 radical (unpaired) electrons. The van der Waals surface area contributed by atoms with Gasteiger partial charge in [0.1, 0.15) is 0 Å². The summed E-state index contributed by atoms with van der Waals surface area (Å²) >= 11 is 1.73. The number of nitrogens with one attached hydrogen (secondary N) is 1. The first-order valence-electron chi connectivity index (χ1n) is 7.77. The highest BCUT2D eigenvalue weighted by Gasteiger charge is 2.40. The highest BCUT2D eigenvalue weighted by Crippen LogP contribution is 2.38. The Balaban J connectivity index is 1.92. The Hall–Kier alpha value is -0.650. The van der Waals surface area contributed by atoms with E-state index in [4.69, 9.17) is 0 Å². The molecule has 2 atom stereocenters. The van der Waals surface area contributed by atoms with Crippen molar-refractivity contribution in [2.24, 2.45) is 5.92 Å². The lowest BCUT2D eigenvalue weighted by molar-refractivity contribution is 0.130. The van der Waals surface area contributed by atoms with Gasteiger partial charge in [-0.2, -0.15) is 0 Å². The van der Waals surface area contributed by atoms with Crippen LogP contribution in [-0.2, 0) is 0 Å². The summed E-state index contributed by atoms with van der Waals surface area (Å²) in [5, 5.41) is 14.0. The minimum atomic E-state index is -0.0689. The first kappa shape index (κ1) is 16.7. The van der Waals surface area contributed by atoms with Crippen LogP contribution in [0.25, 0.3) is 0 Å². The van der Waals surface area contributed by atoms with Gasteiger partial charge < -0.3 is 10.4 Å². The molecule has 4 nitrogen and oxygen atoms in total. The van der Waals surface area contributed by atoms with Crippen molar-refractivity contribution in [3.8, 4) is 0 Å². The summed E-state index contributed by atoms with van der Waals surface area (Å²) in [5.41, 5.74) is 3.27. The second kappa shape index (κ2) is 7.07. The summed E-state index contributed by atoms with van der Waals surface area (Å²) in [6.07, 6.45) is 4.58. The van der Waals surface area contributed by atoms with Crippen molar-refractivity contribution in [2.45, 2.75) is 57.1 Å². The molecule has 0 saturated heterocycles. The number of nitrogens with zero attached hydrogens (tertiary/aromatic N) is 2. The lowest BCUT2D eigenvalue weighted by Gasteiger charge is -2.33. The van der Waals surface area contributed by atoms with Gasteiger partial charge in [-0.05, 0) is 58.6 Å². The number of likely N-dealkylation sites (N-methyl/N-ethyl adjacent to an activating group) is 1. The first-order chi connectivity index (χ1) is 10.0. The fourth-order valence-corrected chi connectivity index (χ4v) is 4.27. The zero-order valence-electron chi connectivity index (χ0n) is 13.6. The predicted molar refractivity (Wildman–Crippen MR) is 87.8 cm³/mol. The number of aromatic nitrogens is 2. The number of aliphatic hydroxyl groups is 1. The Kier molecular flexibility index (Phi) is 5.63. The Labute approximate surface area is 132 Å². The topological polar surface area (TPSA) is 58.0 Å². The third-order valence-electron chi connectivity index (χ3n) is 5.05. The maximum atomic E-state index is 9.71. The summed E-state index contributed by atoms with van der Waals surface area (Å²) in [4.78, 5) is 9.12. The van der Waals surface area contributed by atoms with E-state index in [-0.39, 0.29) is 12.1 Å². The van der Waals surface area contributed by atoms with Crippen LogP contribution in [0, 0.1) is 26.7 Å². The van der Waals surface area contributed by atoms with Crippen molar-refractivity contribution >= 4 is 11.8 Å². The molecule has 0 amide bonds. The smallest absolute Gasteiger partial charge is 0.187 e. The molecular weight excluding hydrogens is 282 g/mol. The molecule has 0 aliphatic heterocycles. The Bertz CT molecular complexity index is 465. The summed E-state index contributed by atoms with van der Waals surface area (Å²) in [7, 11) is 1.97. The van der Waals surface area contributed by atoms with Crippen LogP contribution >= 0.6 is 11.8 Å². The quantitative estimate of drug-likeness (QED) is 0.625. The van der Waals surface area contributed by atoms with Crippen LogP contribution in [-0.4, -0.2) is 40.0 Å². The Morgan fingerprint density at radius 3 is 2.52 bits per heavy atom. The van der Waals surface area contributed by atoms with E-state index < -0.39 is 0 Å². The van der Waals surface area contributed by atoms with E-state index in [1.807, 2.05) is 20.9 Å². The van der Waals surface area contributed by atoms with E-state index in [1.54, 1.807) is 11.8 Å². The molecule has 0 bridgehead atoms. The van der Waals surface area contributed by atoms with Gasteiger partial charge in [-0.25, -0.2) is 9.97 Å². The molecule has 1 aromatic rings. The predicted octanol–water partition coefficient (Wildman–Crippen LogP) is 2.63. The highest BCUT2D eigenvalue weighted by atomic mass is 32.2. The van der Waals surface area contributed by atoms with Crippen LogP contribution in [0.2, 0.25) is 0 Å². The van der Waals surface area contributed by atoms with Crippen molar-refractivity contribution in [2.75, 3.05) is 19.4 Å². The maximum Gasteiger partial charge on any atom is 0.187 e. The average Bonchev–Trinajstić information content (AvgIpc) is 2.88. The van der Waals surface area contributed by atoms with E-state index >= 15 is 0 Å². The van der Waals surface area contributed by atoms with Crippen LogP contribution in [0.1, 0.15) is 42.6 Å². The van der Waals surface area contributed by atoms with Crippen LogP contribution in [0.3, 0.4) is 0 Å². The van der Waals surface area contributed by atoms with E-state index in [0.29, 0.717) is 5.92 Å². The SMILES string of the molecule is CNC1(CO)CCCC1CCSc1nc(C)c(C)c(C)n1. The summed E-state index contributed by atoms with van der Waals surface area (Å²) in [6, 6.07) is 0. The average molecular weight is 309 g/mol. The fraction of sp³-hybridized carbons (Fsp3) is 0.750. The number of rotatable bonds is 6. The maximum absolute atomic E-state index is 9.71. The molecule has 0 aromatic carbocycles. The second-order valence-corrected chi connectivity index (χ2v) is 7.15. The Morgan fingerprint density at radius 1 is 1.29 bits per heavy atom. The summed E-state index contributed by atoms with van der Waals surface area (Å²) in [5.74, 6) is 1.56. The lowest BCUT2D eigenvalue weighted by Crippen LogP contribution is -2.49. The monoisotopic (exact) mass is 309 g/mol. The lowest BCUT2D eigenvalue weighted by atomic mass is 9.86. The van der Waals surface area contributed by atoms with Gasteiger partial charge in [-0.15, -0.1) is 0 Å². The van der Waals surface area contributed by atoms with Crippen molar-refractivity contribution < 1.29 is 5.11 Å². The molecule has 1 aromatic heterocycles.